The molecule has 1 saturated heterocycles. The zero-order chi connectivity index (χ0) is 24.1. The van der Waals surface area contributed by atoms with E-state index in [1.807, 2.05) is 63.4 Å². The summed E-state index contributed by atoms with van der Waals surface area (Å²) in [7, 11) is 0. The molecule has 1 aliphatic rings. The second kappa shape index (κ2) is 10.2. The summed E-state index contributed by atoms with van der Waals surface area (Å²) < 4.78 is 7.67. The van der Waals surface area contributed by atoms with Gasteiger partial charge in [0.2, 0.25) is 0 Å². The molecule has 0 aliphatic carbocycles. The standard InChI is InChI=1S/C28H34N4O2/c1-5-25-24(30-26(21-12-8-6-9-13-21)22-14-10-7-11-15-22)20-29-32(25)23-16-18-31(19-17-23)27(33)34-28(2,3)4/h6-15,20,23H,5,16-19H2,1-4H3. The van der Waals surface area contributed by atoms with Gasteiger partial charge in [0.05, 0.1) is 23.6 Å². The Morgan fingerprint density at radius 1 is 1.00 bits per heavy atom. The van der Waals surface area contributed by atoms with Gasteiger partial charge in [-0.3, -0.25) is 4.68 Å². The fourth-order valence-electron chi connectivity index (χ4n) is 4.36. The van der Waals surface area contributed by atoms with E-state index in [-0.39, 0.29) is 12.1 Å². The molecule has 2 aromatic carbocycles. The smallest absolute Gasteiger partial charge is 0.410 e. The van der Waals surface area contributed by atoms with E-state index in [0.29, 0.717) is 13.1 Å². The summed E-state index contributed by atoms with van der Waals surface area (Å²) in [5.41, 5.74) is 4.64. The molecule has 3 aromatic rings. The first-order valence-corrected chi connectivity index (χ1v) is 12.1. The van der Waals surface area contributed by atoms with Crippen molar-refractivity contribution in [2.24, 2.45) is 4.99 Å². The van der Waals surface area contributed by atoms with Gasteiger partial charge >= 0.3 is 6.09 Å². The Kier molecular flexibility index (Phi) is 7.15. The van der Waals surface area contributed by atoms with Crippen molar-refractivity contribution in [3.63, 3.8) is 0 Å². The van der Waals surface area contributed by atoms with Crippen LogP contribution in [0.4, 0.5) is 10.5 Å². The highest BCUT2D eigenvalue weighted by molar-refractivity contribution is 6.14. The van der Waals surface area contributed by atoms with Crippen molar-refractivity contribution in [3.8, 4) is 0 Å². The molecule has 0 spiro atoms. The second-order valence-corrected chi connectivity index (χ2v) is 9.67. The quantitative estimate of drug-likeness (QED) is 0.429. The number of rotatable bonds is 5. The minimum absolute atomic E-state index is 0.234. The van der Waals surface area contributed by atoms with Gasteiger partial charge in [0.1, 0.15) is 11.3 Å². The first kappa shape index (κ1) is 23.7. The van der Waals surface area contributed by atoms with Gasteiger partial charge in [0.15, 0.2) is 0 Å². The van der Waals surface area contributed by atoms with E-state index in [1.54, 1.807) is 4.90 Å². The first-order valence-electron chi connectivity index (χ1n) is 12.1. The average Bonchev–Trinajstić information content (AvgIpc) is 3.25. The number of piperidine rings is 1. The highest BCUT2D eigenvalue weighted by atomic mass is 16.6. The molecule has 0 bridgehead atoms. The molecule has 4 rings (SSSR count). The highest BCUT2D eigenvalue weighted by Gasteiger charge is 2.29. The van der Waals surface area contributed by atoms with Crippen LogP contribution in [-0.4, -0.2) is 45.2 Å². The molecular weight excluding hydrogens is 424 g/mol. The first-order chi connectivity index (χ1) is 16.4. The summed E-state index contributed by atoms with van der Waals surface area (Å²) >= 11 is 0. The second-order valence-electron chi connectivity index (χ2n) is 9.67. The third kappa shape index (κ3) is 5.56. The molecule has 1 amide bonds. The van der Waals surface area contributed by atoms with Crippen LogP contribution < -0.4 is 0 Å². The zero-order valence-electron chi connectivity index (χ0n) is 20.6. The van der Waals surface area contributed by atoms with E-state index >= 15 is 0 Å². The summed E-state index contributed by atoms with van der Waals surface area (Å²) in [5.74, 6) is 0. The number of nitrogens with zero attached hydrogens (tertiary/aromatic N) is 4. The van der Waals surface area contributed by atoms with E-state index in [4.69, 9.17) is 14.8 Å². The Hall–Kier alpha value is -3.41. The van der Waals surface area contributed by atoms with E-state index in [9.17, 15) is 4.79 Å². The summed E-state index contributed by atoms with van der Waals surface area (Å²) in [6.07, 6.45) is 4.18. The maximum absolute atomic E-state index is 12.4. The minimum Gasteiger partial charge on any atom is -0.444 e. The van der Waals surface area contributed by atoms with Crippen LogP contribution in [0.5, 0.6) is 0 Å². The van der Waals surface area contributed by atoms with E-state index in [1.165, 1.54) is 0 Å². The summed E-state index contributed by atoms with van der Waals surface area (Å²) in [6.45, 7) is 9.18. The Bertz CT molecular complexity index is 1080. The Morgan fingerprint density at radius 2 is 1.56 bits per heavy atom. The predicted molar refractivity (Wildman–Crippen MR) is 136 cm³/mol. The van der Waals surface area contributed by atoms with Gasteiger partial charge in [-0.2, -0.15) is 5.10 Å². The molecule has 0 unspecified atom stereocenters. The molecule has 0 radical (unpaired) electrons. The third-order valence-electron chi connectivity index (χ3n) is 6.00. The summed E-state index contributed by atoms with van der Waals surface area (Å²) in [4.78, 5) is 19.4. The maximum atomic E-state index is 12.4. The average molecular weight is 459 g/mol. The molecule has 34 heavy (non-hydrogen) atoms. The SMILES string of the molecule is CCc1c(N=C(c2ccccc2)c2ccccc2)cnn1C1CCN(C(=O)OC(C)(C)C)CC1. The van der Waals surface area contributed by atoms with E-state index in [2.05, 4.69) is 35.9 Å². The van der Waals surface area contributed by atoms with Crippen LogP contribution in [-0.2, 0) is 11.2 Å². The lowest BCUT2D eigenvalue weighted by Crippen LogP contribution is -2.42. The van der Waals surface area contributed by atoms with Crippen LogP contribution in [0.1, 0.15) is 63.4 Å². The normalized spacial score (nSPS) is 14.6. The number of benzene rings is 2. The van der Waals surface area contributed by atoms with Crippen molar-refractivity contribution in [2.75, 3.05) is 13.1 Å². The monoisotopic (exact) mass is 458 g/mol. The lowest BCUT2D eigenvalue weighted by atomic mass is 10.0. The van der Waals surface area contributed by atoms with E-state index < -0.39 is 5.60 Å². The summed E-state index contributed by atoms with van der Waals surface area (Å²) in [6, 6.07) is 20.8. The number of hydrogen-bond donors (Lipinski definition) is 0. The van der Waals surface area contributed by atoms with Gasteiger partial charge in [-0.05, 0) is 40.0 Å². The highest BCUT2D eigenvalue weighted by Crippen LogP contribution is 2.30. The van der Waals surface area contributed by atoms with Gasteiger partial charge in [-0.1, -0.05) is 67.6 Å². The zero-order valence-corrected chi connectivity index (χ0v) is 20.6. The Balaban J connectivity index is 1.58. The fraction of sp³-hybridized carbons (Fsp3) is 0.393. The predicted octanol–water partition coefficient (Wildman–Crippen LogP) is 6.19. The number of hydrogen-bond acceptors (Lipinski definition) is 4. The van der Waals surface area contributed by atoms with Crippen molar-refractivity contribution in [2.45, 2.75) is 58.6 Å². The molecule has 1 aliphatic heterocycles. The number of amides is 1. The molecule has 6 nitrogen and oxygen atoms in total. The number of likely N-dealkylation sites (tertiary alicyclic amines) is 1. The number of ether oxygens (including phenoxy) is 1. The van der Waals surface area contributed by atoms with Gasteiger partial charge in [-0.25, -0.2) is 9.79 Å². The molecule has 0 N–H and O–H groups in total. The van der Waals surface area contributed by atoms with Gasteiger partial charge < -0.3 is 9.64 Å². The fourth-order valence-corrected chi connectivity index (χ4v) is 4.36. The Labute approximate surface area is 202 Å². The van der Waals surface area contributed by atoms with E-state index in [0.717, 1.165) is 47.5 Å². The largest absolute Gasteiger partial charge is 0.444 e. The van der Waals surface area contributed by atoms with Crippen LogP contribution >= 0.6 is 0 Å². The molecule has 0 saturated carbocycles. The Morgan fingerprint density at radius 3 is 2.06 bits per heavy atom. The molecule has 2 heterocycles. The van der Waals surface area contributed by atoms with Crippen molar-refractivity contribution in [1.82, 2.24) is 14.7 Å². The van der Waals surface area contributed by atoms with Gasteiger partial charge in [0, 0.05) is 24.2 Å². The van der Waals surface area contributed by atoms with Crippen molar-refractivity contribution in [1.29, 1.82) is 0 Å². The molecule has 0 atom stereocenters. The van der Waals surface area contributed by atoms with Gasteiger partial charge in [0.25, 0.3) is 0 Å². The number of aromatic nitrogens is 2. The molecule has 1 aromatic heterocycles. The molecule has 1 fully saturated rings. The van der Waals surface area contributed by atoms with Crippen molar-refractivity contribution >= 4 is 17.5 Å². The third-order valence-corrected chi connectivity index (χ3v) is 6.00. The van der Waals surface area contributed by atoms with Crippen LogP contribution in [0, 0.1) is 0 Å². The molecular formula is C28H34N4O2. The van der Waals surface area contributed by atoms with Crippen molar-refractivity contribution in [3.05, 3.63) is 83.7 Å². The minimum atomic E-state index is -0.479. The number of aliphatic imine (C=N–C) groups is 1. The van der Waals surface area contributed by atoms with Crippen LogP contribution in [0.3, 0.4) is 0 Å². The lowest BCUT2D eigenvalue weighted by molar-refractivity contribution is 0.0184. The van der Waals surface area contributed by atoms with Crippen molar-refractivity contribution < 1.29 is 9.53 Å². The molecule has 6 heteroatoms. The topological polar surface area (TPSA) is 59.7 Å². The van der Waals surface area contributed by atoms with Crippen LogP contribution in [0.15, 0.2) is 71.9 Å². The summed E-state index contributed by atoms with van der Waals surface area (Å²) in [5, 5.41) is 4.76. The lowest BCUT2D eigenvalue weighted by Gasteiger charge is -2.34. The van der Waals surface area contributed by atoms with Crippen LogP contribution in [0.2, 0.25) is 0 Å². The molecule has 178 valence electrons. The maximum Gasteiger partial charge on any atom is 0.410 e. The number of carbonyl (C=O) groups excluding carboxylic acids is 1. The number of carbonyl (C=O) groups is 1. The van der Waals surface area contributed by atoms with Gasteiger partial charge in [-0.15, -0.1) is 0 Å². The van der Waals surface area contributed by atoms with Crippen LogP contribution in [0.25, 0.3) is 0 Å².